The van der Waals surface area contributed by atoms with Gasteiger partial charge in [-0.1, -0.05) is 0 Å². The van der Waals surface area contributed by atoms with Crippen LogP contribution in [-0.4, -0.2) is 41.1 Å². The van der Waals surface area contributed by atoms with Crippen molar-refractivity contribution in [3.8, 4) is 0 Å². The Balaban J connectivity index is 2.04. The predicted molar refractivity (Wildman–Crippen MR) is 61.3 cm³/mol. The minimum Gasteiger partial charge on any atom is -0.383 e. The van der Waals surface area contributed by atoms with Crippen LogP contribution < -0.4 is 5.32 Å². The van der Waals surface area contributed by atoms with Crippen LogP contribution in [0.4, 0.5) is 0 Å². The number of rotatable bonds is 4. The number of aromatic nitrogens is 3. The maximum Gasteiger partial charge on any atom is 0.136 e. The Kier molecular flexibility index (Phi) is 3.90. The highest BCUT2D eigenvalue weighted by Crippen LogP contribution is 2.25. The van der Waals surface area contributed by atoms with Gasteiger partial charge in [0.25, 0.3) is 0 Å². The molecule has 0 radical (unpaired) electrons. The van der Waals surface area contributed by atoms with Crippen LogP contribution in [0.1, 0.15) is 31.5 Å². The lowest BCUT2D eigenvalue weighted by molar-refractivity contribution is 0.185. The molecule has 0 aliphatic carbocycles. The van der Waals surface area contributed by atoms with E-state index in [1.165, 1.54) is 0 Å². The summed E-state index contributed by atoms with van der Waals surface area (Å²) in [6.45, 7) is 4.85. The van der Waals surface area contributed by atoms with Crippen LogP contribution >= 0.6 is 0 Å². The lowest BCUT2D eigenvalue weighted by Crippen LogP contribution is -2.35. The van der Waals surface area contributed by atoms with Crippen molar-refractivity contribution in [2.45, 2.75) is 38.3 Å². The third-order valence-corrected chi connectivity index (χ3v) is 3.17. The molecule has 1 aromatic heterocycles. The van der Waals surface area contributed by atoms with Gasteiger partial charge in [-0.3, -0.25) is 0 Å². The van der Waals surface area contributed by atoms with E-state index in [1.807, 2.05) is 0 Å². The summed E-state index contributed by atoms with van der Waals surface area (Å²) in [6, 6.07) is 0.575. The molecule has 0 amide bonds. The number of hydrogen-bond donors (Lipinski definition) is 1. The molecule has 1 aliphatic rings. The van der Waals surface area contributed by atoms with Crippen molar-refractivity contribution in [3.05, 3.63) is 12.2 Å². The van der Waals surface area contributed by atoms with Gasteiger partial charge in [0, 0.05) is 25.6 Å². The standard InChI is InChI=1S/C11H20N4O/c1-9-7-10(3-4-12-9)11-14-13-8-15(11)5-6-16-2/h8-10,12H,3-7H2,1-2H3. The molecule has 1 fully saturated rings. The molecule has 90 valence electrons. The van der Waals surface area contributed by atoms with Crippen molar-refractivity contribution in [3.63, 3.8) is 0 Å². The van der Waals surface area contributed by atoms with Crippen molar-refractivity contribution in [2.24, 2.45) is 0 Å². The van der Waals surface area contributed by atoms with Crippen molar-refractivity contribution >= 4 is 0 Å². The number of nitrogens with zero attached hydrogens (tertiary/aromatic N) is 3. The van der Waals surface area contributed by atoms with Crippen LogP contribution in [0.15, 0.2) is 6.33 Å². The molecule has 2 heterocycles. The molecule has 0 saturated carbocycles. The smallest absolute Gasteiger partial charge is 0.136 e. The van der Waals surface area contributed by atoms with Crippen LogP contribution in [-0.2, 0) is 11.3 Å². The summed E-state index contributed by atoms with van der Waals surface area (Å²) in [5.74, 6) is 1.65. The van der Waals surface area contributed by atoms with Crippen molar-refractivity contribution in [1.82, 2.24) is 20.1 Å². The molecular weight excluding hydrogens is 204 g/mol. The first kappa shape index (κ1) is 11.5. The van der Waals surface area contributed by atoms with Gasteiger partial charge in [0.1, 0.15) is 12.2 Å². The van der Waals surface area contributed by atoms with Crippen molar-refractivity contribution in [2.75, 3.05) is 20.3 Å². The summed E-state index contributed by atoms with van der Waals surface area (Å²) in [4.78, 5) is 0. The lowest BCUT2D eigenvalue weighted by Gasteiger charge is -2.27. The summed E-state index contributed by atoms with van der Waals surface area (Å²) in [7, 11) is 1.72. The number of methoxy groups -OCH3 is 1. The molecule has 1 aromatic rings. The van der Waals surface area contributed by atoms with Crippen LogP contribution in [0.2, 0.25) is 0 Å². The van der Waals surface area contributed by atoms with Crippen LogP contribution in [0.25, 0.3) is 0 Å². The summed E-state index contributed by atoms with van der Waals surface area (Å²) < 4.78 is 7.21. The normalized spacial score (nSPS) is 25.9. The molecule has 0 spiro atoms. The first-order valence-electron chi connectivity index (χ1n) is 5.91. The van der Waals surface area contributed by atoms with Gasteiger partial charge in [-0.2, -0.15) is 0 Å². The van der Waals surface area contributed by atoms with Crippen LogP contribution in [0.3, 0.4) is 0 Å². The highest BCUT2D eigenvalue weighted by Gasteiger charge is 2.23. The highest BCUT2D eigenvalue weighted by atomic mass is 16.5. The first-order valence-corrected chi connectivity index (χ1v) is 5.91. The highest BCUT2D eigenvalue weighted by molar-refractivity contribution is 5.00. The van der Waals surface area contributed by atoms with Gasteiger partial charge in [0.05, 0.1) is 6.61 Å². The Morgan fingerprint density at radius 2 is 2.50 bits per heavy atom. The number of ether oxygens (including phenoxy) is 1. The Bertz CT molecular complexity index is 326. The SMILES string of the molecule is COCCn1cnnc1C1CCNC(C)C1. The molecule has 2 rings (SSSR count). The second-order valence-electron chi connectivity index (χ2n) is 4.45. The number of piperidine rings is 1. The molecular formula is C11H20N4O. The predicted octanol–water partition coefficient (Wildman–Crippen LogP) is 0.780. The zero-order valence-corrected chi connectivity index (χ0v) is 10.0. The fourth-order valence-electron chi connectivity index (χ4n) is 2.31. The van der Waals surface area contributed by atoms with Gasteiger partial charge in [0.15, 0.2) is 0 Å². The molecule has 1 N–H and O–H groups in total. The second-order valence-corrected chi connectivity index (χ2v) is 4.45. The summed E-state index contributed by atoms with van der Waals surface area (Å²) >= 11 is 0. The molecule has 0 bridgehead atoms. The monoisotopic (exact) mass is 224 g/mol. The molecule has 1 saturated heterocycles. The van der Waals surface area contributed by atoms with Crippen LogP contribution in [0.5, 0.6) is 0 Å². The van der Waals surface area contributed by atoms with Crippen molar-refractivity contribution in [1.29, 1.82) is 0 Å². The molecule has 0 aromatic carbocycles. The van der Waals surface area contributed by atoms with Gasteiger partial charge in [0.2, 0.25) is 0 Å². The minimum absolute atomic E-state index is 0.538. The van der Waals surface area contributed by atoms with E-state index in [2.05, 4.69) is 27.0 Å². The Labute approximate surface area is 96.2 Å². The molecule has 16 heavy (non-hydrogen) atoms. The van der Waals surface area contributed by atoms with E-state index in [9.17, 15) is 0 Å². The summed E-state index contributed by atoms with van der Waals surface area (Å²) in [5.41, 5.74) is 0. The van der Waals surface area contributed by atoms with E-state index in [4.69, 9.17) is 4.74 Å². The maximum absolute atomic E-state index is 5.09. The van der Waals surface area contributed by atoms with Gasteiger partial charge in [-0.25, -0.2) is 0 Å². The zero-order chi connectivity index (χ0) is 11.4. The van der Waals surface area contributed by atoms with E-state index in [-0.39, 0.29) is 0 Å². The molecule has 2 atom stereocenters. The summed E-state index contributed by atoms with van der Waals surface area (Å²) in [6.07, 6.45) is 4.10. The van der Waals surface area contributed by atoms with E-state index in [0.717, 1.165) is 31.8 Å². The van der Waals surface area contributed by atoms with E-state index in [1.54, 1.807) is 13.4 Å². The van der Waals surface area contributed by atoms with Gasteiger partial charge in [-0.05, 0) is 26.3 Å². The largest absolute Gasteiger partial charge is 0.383 e. The Morgan fingerprint density at radius 3 is 3.25 bits per heavy atom. The maximum atomic E-state index is 5.09. The van der Waals surface area contributed by atoms with Crippen LogP contribution in [0, 0.1) is 0 Å². The van der Waals surface area contributed by atoms with Gasteiger partial charge < -0.3 is 14.6 Å². The third-order valence-electron chi connectivity index (χ3n) is 3.17. The average Bonchev–Trinajstić information content (AvgIpc) is 2.74. The van der Waals surface area contributed by atoms with Gasteiger partial charge >= 0.3 is 0 Å². The third kappa shape index (κ3) is 2.59. The fourth-order valence-corrected chi connectivity index (χ4v) is 2.31. The quantitative estimate of drug-likeness (QED) is 0.821. The summed E-state index contributed by atoms with van der Waals surface area (Å²) in [5, 5.41) is 11.7. The number of hydrogen-bond acceptors (Lipinski definition) is 4. The Morgan fingerprint density at radius 1 is 1.62 bits per heavy atom. The first-order chi connectivity index (χ1) is 7.81. The number of nitrogens with one attached hydrogen (secondary N) is 1. The van der Waals surface area contributed by atoms with E-state index >= 15 is 0 Å². The Hall–Kier alpha value is -0.940. The molecule has 5 heteroatoms. The topological polar surface area (TPSA) is 52.0 Å². The average molecular weight is 224 g/mol. The van der Waals surface area contributed by atoms with Crippen molar-refractivity contribution < 1.29 is 4.74 Å². The fraction of sp³-hybridized carbons (Fsp3) is 0.818. The van der Waals surface area contributed by atoms with Gasteiger partial charge in [-0.15, -0.1) is 10.2 Å². The van der Waals surface area contributed by atoms with E-state index < -0.39 is 0 Å². The molecule has 1 aliphatic heterocycles. The van der Waals surface area contributed by atoms with E-state index in [0.29, 0.717) is 18.6 Å². The molecule has 2 unspecified atom stereocenters. The lowest BCUT2D eigenvalue weighted by atomic mass is 9.92. The second kappa shape index (κ2) is 5.41. The molecule has 5 nitrogen and oxygen atoms in total. The minimum atomic E-state index is 0.538. The zero-order valence-electron chi connectivity index (χ0n) is 10.0.